The summed E-state index contributed by atoms with van der Waals surface area (Å²) in [5.41, 5.74) is 2.20. The Hall–Kier alpha value is -2.89. The number of hydrogen-bond acceptors (Lipinski definition) is 3. The highest BCUT2D eigenvalue weighted by atomic mass is 16.2. The first kappa shape index (κ1) is 14.1. The molecule has 0 aliphatic rings. The summed E-state index contributed by atoms with van der Waals surface area (Å²) in [6, 6.07) is 9.91. The number of amides is 1. The molecule has 0 fully saturated rings. The number of imidazole rings is 1. The molecule has 0 aliphatic carbocycles. The monoisotopic (exact) mass is 295 g/mol. The highest BCUT2D eigenvalue weighted by molar-refractivity contribution is 5.90. The van der Waals surface area contributed by atoms with Gasteiger partial charge in [-0.15, -0.1) is 0 Å². The molecule has 0 radical (unpaired) electrons. The van der Waals surface area contributed by atoms with Crippen LogP contribution in [-0.4, -0.2) is 25.2 Å². The molecule has 2 aromatic heterocycles. The Bertz CT molecular complexity index is 760. The van der Waals surface area contributed by atoms with E-state index in [0.717, 1.165) is 11.1 Å². The maximum atomic E-state index is 12.1. The Morgan fingerprint density at radius 1 is 1.14 bits per heavy atom. The second-order valence-corrected chi connectivity index (χ2v) is 5.02. The topological polar surface area (TPSA) is 64.7 Å². The van der Waals surface area contributed by atoms with Crippen molar-refractivity contribution in [2.75, 3.05) is 0 Å². The number of hydrogen-bond donors (Lipinski definition) is 1. The Morgan fingerprint density at radius 2 is 1.95 bits per heavy atom. The van der Waals surface area contributed by atoms with Gasteiger partial charge in [0.2, 0.25) is 0 Å². The summed E-state index contributed by atoms with van der Waals surface area (Å²) in [5, 5.41) is 7.13. The van der Waals surface area contributed by atoms with Gasteiger partial charge in [0.1, 0.15) is 0 Å². The molecule has 0 unspecified atom stereocenters. The SMILES string of the molecule is Cn1ccnc1C(=O)NCc1ccccc1Cn1cccn1. The Labute approximate surface area is 128 Å². The van der Waals surface area contributed by atoms with Gasteiger partial charge in [0, 0.05) is 38.4 Å². The number of nitrogens with one attached hydrogen (secondary N) is 1. The molecule has 3 rings (SSSR count). The number of carbonyl (C=O) groups excluding carboxylic acids is 1. The third-order valence-electron chi connectivity index (χ3n) is 3.47. The van der Waals surface area contributed by atoms with E-state index in [1.54, 1.807) is 30.2 Å². The molecule has 3 aromatic rings. The van der Waals surface area contributed by atoms with Crippen molar-refractivity contribution in [3.05, 3.63) is 72.1 Å². The maximum Gasteiger partial charge on any atom is 0.287 e. The third-order valence-corrected chi connectivity index (χ3v) is 3.47. The zero-order valence-electron chi connectivity index (χ0n) is 12.3. The van der Waals surface area contributed by atoms with Gasteiger partial charge in [-0.05, 0) is 17.2 Å². The van der Waals surface area contributed by atoms with Crippen molar-refractivity contribution in [2.45, 2.75) is 13.1 Å². The van der Waals surface area contributed by atoms with Crippen molar-refractivity contribution in [2.24, 2.45) is 7.05 Å². The van der Waals surface area contributed by atoms with Crippen LogP contribution in [0.1, 0.15) is 21.7 Å². The summed E-state index contributed by atoms with van der Waals surface area (Å²) in [7, 11) is 1.80. The Balaban J connectivity index is 1.70. The van der Waals surface area contributed by atoms with Crippen molar-refractivity contribution in [1.82, 2.24) is 24.6 Å². The molecule has 0 saturated carbocycles. The predicted octanol–water partition coefficient (Wildman–Crippen LogP) is 1.59. The van der Waals surface area contributed by atoms with Gasteiger partial charge in [-0.25, -0.2) is 4.98 Å². The molecule has 0 aliphatic heterocycles. The van der Waals surface area contributed by atoms with E-state index < -0.39 is 0 Å². The van der Waals surface area contributed by atoms with Crippen LogP contribution in [0.3, 0.4) is 0 Å². The van der Waals surface area contributed by atoms with E-state index in [1.165, 1.54) is 0 Å². The Kier molecular flexibility index (Phi) is 4.00. The lowest BCUT2D eigenvalue weighted by Crippen LogP contribution is -2.26. The molecule has 1 amide bonds. The van der Waals surface area contributed by atoms with Crippen LogP contribution in [0.25, 0.3) is 0 Å². The van der Waals surface area contributed by atoms with E-state index in [-0.39, 0.29) is 5.91 Å². The predicted molar refractivity (Wildman–Crippen MR) is 82.1 cm³/mol. The minimum Gasteiger partial charge on any atom is -0.345 e. The van der Waals surface area contributed by atoms with Crippen LogP contribution in [0.5, 0.6) is 0 Å². The van der Waals surface area contributed by atoms with Crippen molar-refractivity contribution in [1.29, 1.82) is 0 Å². The molecule has 0 bridgehead atoms. The van der Waals surface area contributed by atoms with Crippen LogP contribution in [0.15, 0.2) is 55.1 Å². The van der Waals surface area contributed by atoms with E-state index >= 15 is 0 Å². The molecule has 6 nitrogen and oxygen atoms in total. The van der Waals surface area contributed by atoms with E-state index in [2.05, 4.69) is 15.4 Å². The lowest BCUT2D eigenvalue weighted by atomic mass is 10.1. The highest BCUT2D eigenvalue weighted by Gasteiger charge is 2.11. The van der Waals surface area contributed by atoms with Gasteiger partial charge >= 0.3 is 0 Å². The van der Waals surface area contributed by atoms with Gasteiger partial charge in [0.05, 0.1) is 6.54 Å². The van der Waals surface area contributed by atoms with Crippen molar-refractivity contribution in [3.63, 3.8) is 0 Å². The zero-order valence-corrected chi connectivity index (χ0v) is 12.3. The van der Waals surface area contributed by atoms with Gasteiger partial charge in [-0.1, -0.05) is 24.3 Å². The van der Waals surface area contributed by atoms with E-state index in [0.29, 0.717) is 18.9 Å². The van der Waals surface area contributed by atoms with Gasteiger partial charge in [0.15, 0.2) is 5.82 Å². The minimum absolute atomic E-state index is 0.179. The second-order valence-electron chi connectivity index (χ2n) is 5.02. The fourth-order valence-corrected chi connectivity index (χ4v) is 2.29. The smallest absolute Gasteiger partial charge is 0.287 e. The van der Waals surface area contributed by atoms with Crippen LogP contribution in [0.2, 0.25) is 0 Å². The molecule has 1 N–H and O–H groups in total. The Morgan fingerprint density at radius 3 is 2.64 bits per heavy atom. The van der Waals surface area contributed by atoms with Crippen LogP contribution in [0.4, 0.5) is 0 Å². The number of nitrogens with zero attached hydrogens (tertiary/aromatic N) is 4. The normalized spacial score (nSPS) is 10.6. The van der Waals surface area contributed by atoms with Gasteiger partial charge in [-0.3, -0.25) is 9.48 Å². The molecule has 1 aromatic carbocycles. The molecule has 0 atom stereocenters. The number of carbonyl (C=O) groups is 1. The summed E-state index contributed by atoms with van der Waals surface area (Å²) in [5.74, 6) is 0.228. The largest absolute Gasteiger partial charge is 0.345 e. The number of benzene rings is 1. The average Bonchev–Trinajstić information content (AvgIpc) is 3.17. The number of aromatic nitrogens is 4. The minimum atomic E-state index is -0.179. The number of aryl methyl sites for hydroxylation is 1. The fourth-order valence-electron chi connectivity index (χ4n) is 2.29. The molecule has 0 saturated heterocycles. The van der Waals surface area contributed by atoms with Gasteiger partial charge in [-0.2, -0.15) is 5.10 Å². The summed E-state index contributed by atoms with van der Waals surface area (Å²) >= 11 is 0. The first-order valence-corrected chi connectivity index (χ1v) is 7.04. The van der Waals surface area contributed by atoms with Crippen LogP contribution in [-0.2, 0) is 20.1 Å². The molecular formula is C16H17N5O. The van der Waals surface area contributed by atoms with Crippen molar-refractivity contribution >= 4 is 5.91 Å². The first-order chi connectivity index (χ1) is 10.7. The fraction of sp³-hybridized carbons (Fsp3) is 0.188. The maximum absolute atomic E-state index is 12.1. The molecular weight excluding hydrogens is 278 g/mol. The molecule has 6 heteroatoms. The van der Waals surface area contributed by atoms with E-state index in [9.17, 15) is 4.79 Å². The molecule has 2 heterocycles. The summed E-state index contributed by atoms with van der Waals surface area (Å²) in [4.78, 5) is 16.2. The van der Waals surface area contributed by atoms with Crippen LogP contribution >= 0.6 is 0 Å². The van der Waals surface area contributed by atoms with Crippen LogP contribution < -0.4 is 5.32 Å². The van der Waals surface area contributed by atoms with Crippen LogP contribution in [0, 0.1) is 0 Å². The lowest BCUT2D eigenvalue weighted by Gasteiger charge is -2.11. The van der Waals surface area contributed by atoms with Gasteiger partial charge < -0.3 is 9.88 Å². The number of rotatable bonds is 5. The quantitative estimate of drug-likeness (QED) is 0.777. The first-order valence-electron chi connectivity index (χ1n) is 7.04. The zero-order chi connectivity index (χ0) is 15.4. The van der Waals surface area contributed by atoms with Crippen molar-refractivity contribution < 1.29 is 4.79 Å². The van der Waals surface area contributed by atoms with E-state index in [1.807, 2.05) is 41.2 Å². The lowest BCUT2D eigenvalue weighted by molar-refractivity contribution is 0.0937. The second kappa shape index (κ2) is 6.26. The summed E-state index contributed by atoms with van der Waals surface area (Å²) in [6.45, 7) is 1.14. The van der Waals surface area contributed by atoms with E-state index in [4.69, 9.17) is 0 Å². The third kappa shape index (κ3) is 3.06. The van der Waals surface area contributed by atoms with Crippen molar-refractivity contribution in [3.8, 4) is 0 Å². The average molecular weight is 295 g/mol. The summed E-state index contributed by atoms with van der Waals surface area (Å²) in [6.07, 6.45) is 7.04. The molecule has 22 heavy (non-hydrogen) atoms. The standard InChI is InChI=1S/C16H17N5O/c1-20-10-8-17-15(20)16(22)18-11-13-5-2-3-6-14(13)12-21-9-4-7-19-21/h2-10H,11-12H2,1H3,(H,18,22). The highest BCUT2D eigenvalue weighted by Crippen LogP contribution is 2.10. The molecule has 0 spiro atoms. The molecule has 112 valence electrons. The summed E-state index contributed by atoms with van der Waals surface area (Å²) < 4.78 is 3.56. The van der Waals surface area contributed by atoms with Gasteiger partial charge in [0.25, 0.3) is 5.91 Å².